The van der Waals surface area contributed by atoms with Crippen LogP contribution in [0.2, 0.25) is 0 Å². The van der Waals surface area contributed by atoms with E-state index in [0.29, 0.717) is 5.92 Å². The van der Waals surface area contributed by atoms with Crippen LogP contribution in [-0.4, -0.2) is 9.55 Å². The highest BCUT2D eigenvalue weighted by Gasteiger charge is 2.25. The molecule has 0 amide bonds. The fraction of sp³-hybridized carbons (Fsp3) is 0.727. The van der Waals surface area contributed by atoms with Crippen molar-refractivity contribution in [1.82, 2.24) is 9.55 Å². The van der Waals surface area contributed by atoms with Crippen LogP contribution in [0.15, 0.2) is 0 Å². The second-order valence-electron chi connectivity index (χ2n) is 4.41. The predicted octanol–water partition coefficient (Wildman–Crippen LogP) is 1.79. The molecule has 2 unspecified atom stereocenters. The van der Waals surface area contributed by atoms with Gasteiger partial charge in [-0.25, -0.2) is 4.98 Å². The molecule has 14 heavy (non-hydrogen) atoms. The summed E-state index contributed by atoms with van der Waals surface area (Å²) in [7, 11) is 0. The second kappa shape index (κ2) is 3.39. The Balaban J connectivity index is 2.46. The summed E-state index contributed by atoms with van der Waals surface area (Å²) in [6.45, 7) is 7.64. The van der Waals surface area contributed by atoms with Gasteiger partial charge in [-0.05, 0) is 25.7 Å². The molecule has 0 bridgehead atoms. The largest absolute Gasteiger partial charge is 0.330 e. The van der Waals surface area contributed by atoms with Gasteiger partial charge >= 0.3 is 0 Å². The predicted molar refractivity (Wildman–Crippen MR) is 57.1 cm³/mol. The summed E-state index contributed by atoms with van der Waals surface area (Å²) in [5.74, 6) is 1.77. The van der Waals surface area contributed by atoms with Gasteiger partial charge in [0.25, 0.3) is 0 Å². The highest BCUT2D eigenvalue weighted by atomic mass is 15.1. The van der Waals surface area contributed by atoms with Gasteiger partial charge in [0.2, 0.25) is 0 Å². The third-order valence-corrected chi connectivity index (χ3v) is 3.17. The molecular weight excluding hydrogens is 174 g/mol. The first-order valence-corrected chi connectivity index (χ1v) is 5.45. The van der Waals surface area contributed by atoms with Crippen molar-refractivity contribution >= 4 is 0 Å². The first kappa shape index (κ1) is 9.71. The van der Waals surface area contributed by atoms with Gasteiger partial charge in [-0.1, -0.05) is 13.8 Å². The number of aryl methyl sites for hydroxylation is 1. The van der Waals surface area contributed by atoms with Gasteiger partial charge in [0.1, 0.15) is 5.82 Å². The Bertz CT molecular complexity index is 341. The third kappa shape index (κ3) is 1.36. The maximum absolute atomic E-state index is 6.09. The van der Waals surface area contributed by atoms with E-state index >= 15 is 0 Å². The number of nitrogens with zero attached hydrogens (tertiary/aromatic N) is 2. The van der Waals surface area contributed by atoms with Gasteiger partial charge in [-0.15, -0.1) is 0 Å². The zero-order valence-electron chi connectivity index (χ0n) is 9.25. The van der Waals surface area contributed by atoms with E-state index < -0.39 is 0 Å². The average molecular weight is 193 g/mol. The molecule has 0 aliphatic carbocycles. The van der Waals surface area contributed by atoms with Crippen LogP contribution in [0, 0.1) is 12.8 Å². The first-order chi connectivity index (χ1) is 6.63. The molecule has 0 spiro atoms. The summed E-state index contributed by atoms with van der Waals surface area (Å²) in [6.07, 6.45) is 2.08. The zero-order valence-corrected chi connectivity index (χ0v) is 9.25. The van der Waals surface area contributed by atoms with Crippen molar-refractivity contribution in [3.63, 3.8) is 0 Å². The Morgan fingerprint density at radius 1 is 1.57 bits per heavy atom. The van der Waals surface area contributed by atoms with Gasteiger partial charge < -0.3 is 10.3 Å². The molecule has 2 rings (SSSR count). The molecule has 0 saturated carbocycles. The minimum Gasteiger partial charge on any atom is -0.330 e. The van der Waals surface area contributed by atoms with Gasteiger partial charge in [0.15, 0.2) is 0 Å². The maximum Gasteiger partial charge on any atom is 0.126 e. The summed E-state index contributed by atoms with van der Waals surface area (Å²) in [6, 6.07) is 0.137. The molecule has 1 aliphatic heterocycles. The lowest BCUT2D eigenvalue weighted by molar-refractivity contribution is 0.343. The Labute approximate surface area is 85.3 Å². The van der Waals surface area contributed by atoms with Crippen molar-refractivity contribution < 1.29 is 0 Å². The number of imidazole rings is 1. The summed E-state index contributed by atoms with van der Waals surface area (Å²) in [4.78, 5) is 4.62. The minimum absolute atomic E-state index is 0.137. The van der Waals surface area contributed by atoms with Crippen LogP contribution in [0.1, 0.15) is 43.5 Å². The van der Waals surface area contributed by atoms with E-state index in [1.165, 1.54) is 11.4 Å². The van der Waals surface area contributed by atoms with Crippen molar-refractivity contribution in [3.05, 3.63) is 17.2 Å². The molecule has 0 radical (unpaired) electrons. The van der Waals surface area contributed by atoms with E-state index in [2.05, 4.69) is 30.3 Å². The maximum atomic E-state index is 6.09. The van der Waals surface area contributed by atoms with E-state index in [1.54, 1.807) is 0 Å². The van der Waals surface area contributed by atoms with Crippen molar-refractivity contribution in [2.75, 3.05) is 0 Å². The highest BCUT2D eigenvalue weighted by molar-refractivity contribution is 5.19. The Hall–Kier alpha value is -0.830. The lowest BCUT2D eigenvalue weighted by Gasteiger charge is -2.26. The van der Waals surface area contributed by atoms with Gasteiger partial charge in [0, 0.05) is 12.2 Å². The standard InChI is InChI=1S/C11H19N3/c1-4-10-8(3)14-6-7(2)5-9(12)11(14)13-10/h7,9H,4-6,12H2,1-3H3. The van der Waals surface area contributed by atoms with Crippen molar-refractivity contribution in [2.45, 2.75) is 46.2 Å². The Morgan fingerprint density at radius 2 is 2.29 bits per heavy atom. The number of hydrogen-bond acceptors (Lipinski definition) is 2. The quantitative estimate of drug-likeness (QED) is 0.739. The van der Waals surface area contributed by atoms with Crippen LogP contribution in [-0.2, 0) is 13.0 Å². The Kier molecular flexibility index (Phi) is 2.35. The van der Waals surface area contributed by atoms with Crippen LogP contribution >= 0.6 is 0 Å². The number of rotatable bonds is 1. The molecule has 1 aliphatic rings. The molecule has 2 heterocycles. The molecule has 0 aromatic carbocycles. The molecule has 1 aromatic heterocycles. The molecule has 0 fully saturated rings. The van der Waals surface area contributed by atoms with E-state index in [-0.39, 0.29) is 6.04 Å². The summed E-state index contributed by atoms with van der Waals surface area (Å²) < 4.78 is 2.30. The average Bonchev–Trinajstić information content (AvgIpc) is 2.44. The third-order valence-electron chi connectivity index (χ3n) is 3.17. The fourth-order valence-corrected chi connectivity index (χ4v) is 2.38. The normalized spacial score (nSPS) is 26.3. The smallest absolute Gasteiger partial charge is 0.126 e. The van der Waals surface area contributed by atoms with Crippen LogP contribution in [0.4, 0.5) is 0 Å². The van der Waals surface area contributed by atoms with Gasteiger partial charge in [0.05, 0.1) is 11.7 Å². The van der Waals surface area contributed by atoms with Crippen molar-refractivity contribution in [3.8, 4) is 0 Å². The number of fused-ring (bicyclic) bond motifs is 1. The van der Waals surface area contributed by atoms with Gasteiger partial charge in [-0.3, -0.25) is 0 Å². The summed E-state index contributed by atoms with van der Waals surface area (Å²) in [5, 5.41) is 0. The minimum atomic E-state index is 0.137. The van der Waals surface area contributed by atoms with E-state index in [4.69, 9.17) is 5.73 Å². The number of hydrogen-bond donors (Lipinski definition) is 1. The molecule has 1 aromatic rings. The molecular formula is C11H19N3. The molecule has 2 atom stereocenters. The Morgan fingerprint density at radius 3 is 2.93 bits per heavy atom. The number of aromatic nitrogens is 2. The van der Waals surface area contributed by atoms with E-state index in [1.807, 2.05) is 0 Å². The van der Waals surface area contributed by atoms with Crippen LogP contribution in [0.5, 0.6) is 0 Å². The molecule has 2 N–H and O–H groups in total. The topological polar surface area (TPSA) is 43.8 Å². The van der Waals surface area contributed by atoms with Crippen LogP contribution < -0.4 is 5.73 Å². The first-order valence-electron chi connectivity index (χ1n) is 5.45. The highest BCUT2D eigenvalue weighted by Crippen LogP contribution is 2.28. The van der Waals surface area contributed by atoms with Gasteiger partial charge in [-0.2, -0.15) is 0 Å². The van der Waals surface area contributed by atoms with Crippen LogP contribution in [0.25, 0.3) is 0 Å². The molecule has 0 saturated heterocycles. The molecule has 3 nitrogen and oxygen atoms in total. The fourth-order valence-electron chi connectivity index (χ4n) is 2.38. The lowest BCUT2D eigenvalue weighted by Crippen LogP contribution is -2.27. The summed E-state index contributed by atoms with van der Waals surface area (Å²) in [5.41, 5.74) is 8.61. The zero-order chi connectivity index (χ0) is 10.3. The second-order valence-corrected chi connectivity index (χ2v) is 4.41. The van der Waals surface area contributed by atoms with Crippen LogP contribution in [0.3, 0.4) is 0 Å². The van der Waals surface area contributed by atoms with Crippen molar-refractivity contribution in [1.29, 1.82) is 0 Å². The lowest BCUT2D eigenvalue weighted by atomic mass is 9.98. The van der Waals surface area contributed by atoms with Crippen molar-refractivity contribution in [2.24, 2.45) is 11.7 Å². The molecule has 78 valence electrons. The summed E-state index contributed by atoms with van der Waals surface area (Å²) >= 11 is 0. The number of nitrogens with two attached hydrogens (primary N) is 1. The van der Waals surface area contributed by atoms with E-state index in [9.17, 15) is 0 Å². The van der Waals surface area contributed by atoms with E-state index in [0.717, 1.165) is 25.2 Å². The molecule has 3 heteroatoms. The monoisotopic (exact) mass is 193 g/mol. The SMILES string of the molecule is CCc1nc2n(c1C)CC(C)CC2N.